The highest BCUT2D eigenvalue weighted by molar-refractivity contribution is 7.17. The third-order valence-corrected chi connectivity index (χ3v) is 5.15. The summed E-state index contributed by atoms with van der Waals surface area (Å²) in [5.74, 6) is -1.21. The van der Waals surface area contributed by atoms with Crippen molar-refractivity contribution in [2.45, 2.75) is 25.5 Å². The van der Waals surface area contributed by atoms with Gasteiger partial charge in [0.15, 0.2) is 0 Å². The van der Waals surface area contributed by atoms with Crippen LogP contribution in [0.1, 0.15) is 25.5 Å². The molecule has 0 aliphatic rings. The second kappa shape index (κ2) is 8.99. The van der Waals surface area contributed by atoms with Crippen LogP contribution in [0.3, 0.4) is 0 Å². The van der Waals surface area contributed by atoms with Crippen molar-refractivity contribution in [1.82, 2.24) is 0 Å². The number of rotatable bonds is 5. The van der Waals surface area contributed by atoms with Crippen molar-refractivity contribution in [3.63, 3.8) is 0 Å². The molecule has 0 amide bonds. The van der Waals surface area contributed by atoms with E-state index in [0.717, 1.165) is 10.9 Å². The minimum absolute atomic E-state index is 0.447. The van der Waals surface area contributed by atoms with Gasteiger partial charge in [0, 0.05) is 15.8 Å². The summed E-state index contributed by atoms with van der Waals surface area (Å²) in [7, 11) is 0. The number of non-ortho nitro benzene ring substituents is 1. The van der Waals surface area contributed by atoms with Gasteiger partial charge < -0.3 is 15.9 Å². The first-order chi connectivity index (χ1) is 14.3. The van der Waals surface area contributed by atoms with E-state index in [1.165, 1.54) is 4.70 Å². The van der Waals surface area contributed by atoms with Crippen molar-refractivity contribution in [3.8, 4) is 5.75 Å². The summed E-state index contributed by atoms with van der Waals surface area (Å²) < 4.78 is 1.19. The fourth-order valence-electron chi connectivity index (χ4n) is 2.58. The summed E-state index contributed by atoms with van der Waals surface area (Å²) in [6.45, 7) is 3.67. The van der Waals surface area contributed by atoms with Gasteiger partial charge in [-0.3, -0.25) is 30.3 Å². The predicted molar refractivity (Wildman–Crippen MR) is 113 cm³/mol. The van der Waals surface area contributed by atoms with Crippen LogP contribution >= 0.6 is 11.3 Å². The Bertz CT molecular complexity index is 1120. The quantitative estimate of drug-likeness (QED) is 0.382. The molecule has 4 N–H and O–H groups in total. The van der Waals surface area contributed by atoms with Crippen LogP contribution in [-0.4, -0.2) is 30.5 Å². The minimum Gasteiger partial charge on any atom is -0.497 e. The molecule has 12 nitrogen and oxygen atoms in total. The SMILES string of the molecule is CC(C)(N)C(O)c1csc2ccccc12.O=[N+]([O-])c1cc([N+](=O)[O-])c(O)c([N+](=O)[O-])c1. The van der Waals surface area contributed by atoms with Crippen molar-refractivity contribution in [2.75, 3.05) is 0 Å². The van der Waals surface area contributed by atoms with Gasteiger partial charge in [0.2, 0.25) is 0 Å². The van der Waals surface area contributed by atoms with E-state index in [-0.39, 0.29) is 0 Å². The number of phenolic OH excluding ortho intramolecular Hbond substituents is 1. The maximum absolute atomic E-state index is 10.4. The number of hydrogen-bond acceptors (Lipinski definition) is 10. The monoisotopic (exact) mass is 450 g/mol. The molecule has 1 aromatic heterocycles. The molecule has 0 fully saturated rings. The fourth-order valence-corrected chi connectivity index (χ4v) is 3.56. The molecule has 3 aromatic rings. The molecule has 0 aliphatic carbocycles. The first-order valence-corrected chi connectivity index (χ1v) is 9.45. The summed E-state index contributed by atoms with van der Waals surface area (Å²) in [5, 5.41) is 53.4. The van der Waals surface area contributed by atoms with E-state index in [0.29, 0.717) is 12.1 Å². The first-order valence-electron chi connectivity index (χ1n) is 8.57. The minimum atomic E-state index is -1.21. The molecule has 0 saturated carbocycles. The number of phenols is 1. The van der Waals surface area contributed by atoms with E-state index in [1.807, 2.05) is 37.4 Å². The average Bonchev–Trinajstić information content (AvgIpc) is 3.10. The van der Waals surface area contributed by atoms with Crippen molar-refractivity contribution in [3.05, 3.63) is 77.7 Å². The van der Waals surface area contributed by atoms with E-state index >= 15 is 0 Å². The molecule has 13 heteroatoms. The van der Waals surface area contributed by atoms with E-state index < -0.39 is 49.2 Å². The topological polar surface area (TPSA) is 196 Å². The lowest BCUT2D eigenvalue weighted by atomic mass is 9.92. The number of aromatic hydroxyl groups is 1. The highest BCUT2D eigenvalue weighted by Crippen LogP contribution is 2.39. The maximum Gasteiger partial charge on any atom is 0.324 e. The Kier molecular flexibility index (Phi) is 6.84. The lowest BCUT2D eigenvalue weighted by molar-refractivity contribution is -0.404. The third-order valence-electron chi connectivity index (χ3n) is 4.17. The summed E-state index contributed by atoms with van der Waals surface area (Å²) in [6.07, 6.45) is -0.617. The Morgan fingerprint density at radius 3 is 1.97 bits per heavy atom. The number of nitrogens with zero attached hydrogens (tertiary/aromatic N) is 3. The first kappa shape index (κ1) is 23.6. The van der Waals surface area contributed by atoms with Crippen molar-refractivity contribution in [2.24, 2.45) is 5.73 Å². The van der Waals surface area contributed by atoms with Gasteiger partial charge in [0.1, 0.15) is 0 Å². The molecule has 164 valence electrons. The highest BCUT2D eigenvalue weighted by atomic mass is 32.1. The number of fused-ring (bicyclic) bond motifs is 1. The van der Waals surface area contributed by atoms with Crippen LogP contribution in [0, 0.1) is 30.3 Å². The number of hydrogen-bond donors (Lipinski definition) is 3. The van der Waals surface area contributed by atoms with Gasteiger partial charge in [-0.2, -0.15) is 0 Å². The summed E-state index contributed by atoms with van der Waals surface area (Å²) in [6, 6.07) is 8.96. The van der Waals surface area contributed by atoms with Crippen LogP contribution in [0.4, 0.5) is 17.1 Å². The molecular formula is C18H18N4O8S. The molecule has 0 radical (unpaired) electrons. The smallest absolute Gasteiger partial charge is 0.324 e. The number of aliphatic hydroxyl groups excluding tert-OH is 1. The Morgan fingerprint density at radius 1 is 1.00 bits per heavy atom. The standard InChI is InChI=1S/C12H15NOS.C6H3N3O7/c1-12(2,13)11(14)9-7-15-10-6-4-3-5-8(9)10;10-6-4(8(13)14)1-3(7(11)12)2-5(6)9(15)16/h3-7,11,14H,13H2,1-2H3;1-2,10H. The number of thiophene rings is 1. The summed E-state index contributed by atoms with van der Waals surface area (Å²) in [5.41, 5.74) is 3.24. The normalized spacial score (nSPS) is 12.0. The van der Waals surface area contributed by atoms with Crippen LogP contribution in [0.5, 0.6) is 5.75 Å². The zero-order valence-corrected chi connectivity index (χ0v) is 17.1. The molecule has 0 aliphatic heterocycles. The third kappa shape index (κ3) is 5.28. The second-order valence-corrected chi connectivity index (χ2v) is 7.93. The van der Waals surface area contributed by atoms with Gasteiger partial charge in [-0.1, -0.05) is 18.2 Å². The molecule has 31 heavy (non-hydrogen) atoms. The Hall–Kier alpha value is -3.68. The number of benzene rings is 2. The molecule has 1 atom stereocenters. The van der Waals surface area contributed by atoms with Crippen LogP contribution in [0.2, 0.25) is 0 Å². The number of nitrogens with two attached hydrogens (primary N) is 1. The van der Waals surface area contributed by atoms with E-state index in [4.69, 9.17) is 10.8 Å². The van der Waals surface area contributed by atoms with Gasteiger partial charge in [-0.15, -0.1) is 11.3 Å². The molecule has 0 spiro atoms. The molecule has 2 aromatic carbocycles. The lowest BCUT2D eigenvalue weighted by Crippen LogP contribution is -2.39. The van der Waals surface area contributed by atoms with E-state index in [9.17, 15) is 35.4 Å². The average molecular weight is 450 g/mol. The van der Waals surface area contributed by atoms with Gasteiger partial charge in [-0.25, -0.2) is 0 Å². The Labute approximate surface area is 178 Å². The van der Waals surface area contributed by atoms with Crippen LogP contribution in [0.15, 0.2) is 41.8 Å². The zero-order valence-electron chi connectivity index (χ0n) is 16.3. The van der Waals surface area contributed by atoms with Crippen LogP contribution in [-0.2, 0) is 0 Å². The van der Waals surface area contributed by atoms with Crippen LogP contribution < -0.4 is 5.73 Å². The molecule has 0 saturated heterocycles. The molecule has 1 heterocycles. The molecule has 3 rings (SSSR count). The van der Waals surface area contributed by atoms with Gasteiger partial charge in [-0.05, 0) is 30.7 Å². The fraction of sp³-hybridized carbons (Fsp3) is 0.222. The summed E-state index contributed by atoms with van der Waals surface area (Å²) >= 11 is 1.64. The number of aliphatic hydroxyl groups is 1. The maximum atomic E-state index is 10.4. The van der Waals surface area contributed by atoms with Crippen LogP contribution in [0.25, 0.3) is 10.1 Å². The Morgan fingerprint density at radius 2 is 1.52 bits per heavy atom. The predicted octanol–water partition coefficient (Wildman–Crippen LogP) is 3.79. The van der Waals surface area contributed by atoms with E-state index in [1.54, 1.807) is 11.3 Å². The summed E-state index contributed by atoms with van der Waals surface area (Å²) in [4.78, 5) is 27.8. The number of nitro groups is 3. The van der Waals surface area contributed by atoms with Crippen molar-refractivity contribution >= 4 is 38.5 Å². The largest absolute Gasteiger partial charge is 0.497 e. The second-order valence-electron chi connectivity index (χ2n) is 7.02. The van der Waals surface area contributed by atoms with Gasteiger partial charge in [0.05, 0.1) is 33.0 Å². The number of nitro benzene ring substituents is 3. The molecule has 0 bridgehead atoms. The highest BCUT2D eigenvalue weighted by Gasteiger charge is 2.30. The lowest BCUT2D eigenvalue weighted by Gasteiger charge is -2.25. The zero-order chi connectivity index (χ0) is 23.5. The molecular weight excluding hydrogens is 432 g/mol. The van der Waals surface area contributed by atoms with Crippen molar-refractivity contribution < 1.29 is 25.0 Å². The van der Waals surface area contributed by atoms with Crippen molar-refractivity contribution in [1.29, 1.82) is 0 Å². The van der Waals surface area contributed by atoms with Gasteiger partial charge in [0.25, 0.3) is 11.4 Å². The Balaban J connectivity index is 0.000000220. The van der Waals surface area contributed by atoms with Gasteiger partial charge >= 0.3 is 11.4 Å². The molecule has 1 unspecified atom stereocenters. The van der Waals surface area contributed by atoms with E-state index in [2.05, 4.69) is 6.07 Å².